The Morgan fingerprint density at radius 2 is 2.00 bits per heavy atom. The number of benzene rings is 1. The van der Waals surface area contributed by atoms with Crippen LogP contribution in [0.5, 0.6) is 0 Å². The first-order valence-electron chi connectivity index (χ1n) is 8.89. The SMILES string of the molecule is CCS(=O)(=O)NCCSc1nc2scc(-c3ccc(C)c(C)c3)c2c(=O)n1C. The number of nitrogens with one attached hydrogen (secondary N) is 1. The first kappa shape index (κ1) is 21.0. The van der Waals surface area contributed by atoms with Crippen LogP contribution in [0.3, 0.4) is 0 Å². The van der Waals surface area contributed by atoms with Gasteiger partial charge < -0.3 is 0 Å². The molecule has 0 saturated heterocycles. The van der Waals surface area contributed by atoms with Crippen LogP contribution in [-0.4, -0.2) is 36.0 Å². The molecule has 0 fully saturated rings. The minimum atomic E-state index is -3.21. The Bertz CT molecular complexity index is 1180. The molecule has 0 bridgehead atoms. The maximum Gasteiger partial charge on any atom is 0.263 e. The molecule has 0 aliphatic carbocycles. The number of hydrogen-bond acceptors (Lipinski definition) is 6. The lowest BCUT2D eigenvalue weighted by Crippen LogP contribution is -2.27. The molecule has 0 unspecified atom stereocenters. The third kappa shape index (κ3) is 4.32. The maximum absolute atomic E-state index is 13.0. The van der Waals surface area contributed by atoms with Crippen molar-refractivity contribution in [2.75, 3.05) is 18.1 Å². The lowest BCUT2D eigenvalue weighted by atomic mass is 10.0. The Morgan fingerprint density at radius 1 is 1.25 bits per heavy atom. The summed E-state index contributed by atoms with van der Waals surface area (Å²) in [6.45, 7) is 6.02. The fraction of sp³-hybridized carbons (Fsp3) is 0.368. The van der Waals surface area contributed by atoms with Gasteiger partial charge in [-0.3, -0.25) is 9.36 Å². The minimum Gasteiger partial charge on any atom is -0.290 e. The molecular weight excluding hydrogens is 414 g/mol. The lowest BCUT2D eigenvalue weighted by Gasteiger charge is -2.09. The molecular formula is C19H23N3O3S3. The van der Waals surface area contributed by atoms with Gasteiger partial charge in [0.1, 0.15) is 4.83 Å². The van der Waals surface area contributed by atoms with Crippen LogP contribution in [0.1, 0.15) is 18.1 Å². The molecule has 1 N–H and O–H groups in total. The molecule has 1 aromatic carbocycles. The summed E-state index contributed by atoms with van der Waals surface area (Å²) in [4.78, 5) is 18.3. The number of aryl methyl sites for hydroxylation is 2. The highest BCUT2D eigenvalue weighted by Gasteiger charge is 2.16. The Hall–Kier alpha value is -1.68. The third-order valence-electron chi connectivity index (χ3n) is 4.63. The molecule has 9 heteroatoms. The van der Waals surface area contributed by atoms with Crippen molar-refractivity contribution in [1.82, 2.24) is 14.3 Å². The van der Waals surface area contributed by atoms with E-state index in [-0.39, 0.29) is 11.3 Å². The van der Waals surface area contributed by atoms with E-state index in [9.17, 15) is 13.2 Å². The van der Waals surface area contributed by atoms with E-state index in [1.165, 1.54) is 34.2 Å². The largest absolute Gasteiger partial charge is 0.290 e. The van der Waals surface area contributed by atoms with E-state index in [2.05, 4.69) is 35.7 Å². The topological polar surface area (TPSA) is 81.1 Å². The van der Waals surface area contributed by atoms with E-state index in [1.807, 2.05) is 11.4 Å². The summed E-state index contributed by atoms with van der Waals surface area (Å²) in [5.41, 5.74) is 4.23. The average molecular weight is 438 g/mol. The van der Waals surface area contributed by atoms with Crippen molar-refractivity contribution in [3.63, 3.8) is 0 Å². The highest BCUT2D eigenvalue weighted by Crippen LogP contribution is 2.32. The molecule has 2 heterocycles. The molecule has 0 amide bonds. The second kappa shape index (κ2) is 8.36. The molecule has 3 rings (SSSR count). The summed E-state index contributed by atoms with van der Waals surface area (Å²) in [6, 6.07) is 6.19. The number of fused-ring (bicyclic) bond motifs is 1. The quantitative estimate of drug-likeness (QED) is 0.348. The van der Waals surface area contributed by atoms with Gasteiger partial charge >= 0.3 is 0 Å². The average Bonchev–Trinajstić information content (AvgIpc) is 3.09. The van der Waals surface area contributed by atoms with Crippen LogP contribution in [0.2, 0.25) is 0 Å². The number of thioether (sulfide) groups is 1. The van der Waals surface area contributed by atoms with Crippen LogP contribution in [0, 0.1) is 13.8 Å². The Balaban J connectivity index is 1.90. The zero-order valence-electron chi connectivity index (χ0n) is 16.3. The summed E-state index contributed by atoms with van der Waals surface area (Å²) in [5.74, 6) is 0.553. The standard InChI is InChI=1S/C19H23N3O3S3/c1-5-28(24,25)20-8-9-26-19-21-17-16(18(23)22(19)4)15(11-27-17)14-7-6-12(2)13(3)10-14/h6-7,10-11,20H,5,8-9H2,1-4H3. The molecule has 2 aromatic heterocycles. The molecule has 3 aromatic rings. The van der Waals surface area contributed by atoms with Crippen LogP contribution >= 0.6 is 23.1 Å². The fourth-order valence-electron chi connectivity index (χ4n) is 2.75. The molecule has 0 saturated carbocycles. The number of hydrogen-bond donors (Lipinski definition) is 1. The van der Waals surface area contributed by atoms with Crippen molar-refractivity contribution in [2.24, 2.45) is 7.05 Å². The van der Waals surface area contributed by atoms with Crippen molar-refractivity contribution in [2.45, 2.75) is 25.9 Å². The van der Waals surface area contributed by atoms with Gasteiger partial charge in [0.25, 0.3) is 5.56 Å². The summed E-state index contributed by atoms with van der Waals surface area (Å²) in [5, 5.41) is 3.20. The number of aromatic nitrogens is 2. The predicted octanol–water partition coefficient (Wildman–Crippen LogP) is 3.31. The van der Waals surface area contributed by atoms with E-state index < -0.39 is 10.0 Å². The molecule has 28 heavy (non-hydrogen) atoms. The summed E-state index contributed by atoms with van der Waals surface area (Å²) < 4.78 is 27.1. The molecule has 0 aliphatic heterocycles. The number of thiophene rings is 1. The van der Waals surface area contributed by atoms with Crippen molar-refractivity contribution >= 4 is 43.3 Å². The van der Waals surface area contributed by atoms with Gasteiger partial charge in [-0.2, -0.15) is 0 Å². The molecule has 0 radical (unpaired) electrons. The zero-order chi connectivity index (χ0) is 20.5. The molecule has 0 aliphatic rings. The van der Waals surface area contributed by atoms with E-state index in [1.54, 1.807) is 18.5 Å². The Labute approximate surface area is 173 Å². The first-order valence-corrected chi connectivity index (χ1v) is 12.4. The van der Waals surface area contributed by atoms with Crippen LogP contribution in [-0.2, 0) is 17.1 Å². The second-order valence-corrected chi connectivity index (χ2v) is 10.5. The Morgan fingerprint density at radius 3 is 2.68 bits per heavy atom. The summed E-state index contributed by atoms with van der Waals surface area (Å²) in [7, 11) is -1.51. The maximum atomic E-state index is 13.0. The smallest absolute Gasteiger partial charge is 0.263 e. The molecule has 0 atom stereocenters. The minimum absolute atomic E-state index is 0.0524. The van der Waals surface area contributed by atoms with Gasteiger partial charge in [0, 0.05) is 30.3 Å². The normalized spacial score (nSPS) is 12.0. The highest BCUT2D eigenvalue weighted by atomic mass is 32.2. The second-order valence-electron chi connectivity index (χ2n) is 6.53. The predicted molar refractivity (Wildman–Crippen MR) is 118 cm³/mol. The fourth-order valence-corrected chi connectivity index (χ4v) is 5.31. The molecule has 6 nitrogen and oxygen atoms in total. The summed E-state index contributed by atoms with van der Waals surface area (Å²) >= 11 is 2.82. The molecule has 150 valence electrons. The first-order chi connectivity index (χ1) is 13.2. The van der Waals surface area contributed by atoms with Crippen LogP contribution in [0.4, 0.5) is 0 Å². The highest BCUT2D eigenvalue weighted by molar-refractivity contribution is 7.99. The summed E-state index contributed by atoms with van der Waals surface area (Å²) in [6.07, 6.45) is 0. The third-order valence-corrected chi connectivity index (χ3v) is 7.94. The zero-order valence-corrected chi connectivity index (χ0v) is 18.7. The van der Waals surface area contributed by atoms with Gasteiger partial charge in [0.15, 0.2) is 5.16 Å². The van der Waals surface area contributed by atoms with Gasteiger partial charge in [-0.05, 0) is 37.5 Å². The monoisotopic (exact) mass is 437 g/mol. The van der Waals surface area contributed by atoms with Crippen molar-refractivity contribution < 1.29 is 8.42 Å². The van der Waals surface area contributed by atoms with E-state index >= 15 is 0 Å². The van der Waals surface area contributed by atoms with Crippen LogP contribution in [0.25, 0.3) is 21.3 Å². The number of sulfonamides is 1. The van der Waals surface area contributed by atoms with Gasteiger partial charge in [0.2, 0.25) is 10.0 Å². The van der Waals surface area contributed by atoms with Gasteiger partial charge in [-0.1, -0.05) is 30.0 Å². The van der Waals surface area contributed by atoms with Crippen molar-refractivity contribution in [3.05, 3.63) is 45.1 Å². The van der Waals surface area contributed by atoms with Crippen LogP contribution < -0.4 is 10.3 Å². The van der Waals surface area contributed by atoms with Crippen molar-refractivity contribution in [3.8, 4) is 11.1 Å². The van der Waals surface area contributed by atoms with Crippen molar-refractivity contribution in [1.29, 1.82) is 0 Å². The van der Waals surface area contributed by atoms with E-state index in [0.29, 0.717) is 27.7 Å². The van der Waals surface area contributed by atoms with E-state index in [4.69, 9.17) is 0 Å². The van der Waals surface area contributed by atoms with E-state index in [0.717, 1.165) is 11.1 Å². The Kier molecular flexibility index (Phi) is 6.28. The number of nitrogens with zero attached hydrogens (tertiary/aromatic N) is 2. The molecule has 0 spiro atoms. The van der Waals surface area contributed by atoms with Gasteiger partial charge in [-0.25, -0.2) is 18.1 Å². The van der Waals surface area contributed by atoms with Gasteiger partial charge in [0.05, 0.1) is 11.1 Å². The van der Waals surface area contributed by atoms with Crippen LogP contribution in [0.15, 0.2) is 33.5 Å². The lowest BCUT2D eigenvalue weighted by molar-refractivity contribution is 0.585. The van der Waals surface area contributed by atoms with Gasteiger partial charge in [-0.15, -0.1) is 11.3 Å². The number of rotatable bonds is 7.